The third-order valence-electron chi connectivity index (χ3n) is 5.89. The zero-order valence-corrected chi connectivity index (χ0v) is 22.7. The average Bonchev–Trinajstić information content (AvgIpc) is 2.84. The molecular weight excluding hydrogens is 520 g/mol. The number of fused-ring (bicyclic) bond motifs is 1. The second-order valence-corrected chi connectivity index (χ2v) is 10.9. The lowest BCUT2D eigenvalue weighted by Crippen LogP contribution is -2.25. The van der Waals surface area contributed by atoms with Crippen LogP contribution in [0.2, 0.25) is 0 Å². The lowest BCUT2D eigenvalue weighted by Gasteiger charge is -2.19. The van der Waals surface area contributed by atoms with Crippen molar-refractivity contribution in [1.29, 1.82) is 0 Å². The molecule has 0 aliphatic heterocycles. The average molecular weight is 552 g/mol. The zero-order valence-electron chi connectivity index (χ0n) is 21.9. The maximum atomic E-state index is 15.4. The van der Waals surface area contributed by atoms with Crippen molar-refractivity contribution in [3.05, 3.63) is 69.1 Å². The fourth-order valence-corrected chi connectivity index (χ4v) is 4.91. The molecule has 0 atom stereocenters. The third kappa shape index (κ3) is 6.67. The minimum atomic E-state index is -3.74. The number of hydrogen-bond donors (Lipinski definition) is 1. The van der Waals surface area contributed by atoms with Crippen molar-refractivity contribution in [3.63, 3.8) is 0 Å². The summed E-state index contributed by atoms with van der Waals surface area (Å²) in [6.07, 6.45) is -0.673. The molecule has 9 nitrogen and oxygen atoms in total. The summed E-state index contributed by atoms with van der Waals surface area (Å²) >= 11 is 0. The van der Waals surface area contributed by atoms with Gasteiger partial charge in [-0.15, -0.1) is 0 Å². The van der Waals surface area contributed by atoms with Crippen LogP contribution in [-0.2, 0) is 23.0 Å². The summed E-state index contributed by atoms with van der Waals surface area (Å²) in [6.45, 7) is 4.41. The molecule has 0 unspecified atom stereocenters. The highest BCUT2D eigenvalue weighted by Gasteiger charge is 2.22. The molecule has 0 aliphatic rings. The maximum absolute atomic E-state index is 15.4. The Bertz CT molecular complexity index is 1510. The van der Waals surface area contributed by atoms with Crippen molar-refractivity contribution in [1.82, 2.24) is 9.80 Å². The molecule has 1 N–H and O–H groups in total. The van der Waals surface area contributed by atoms with E-state index in [1.807, 2.05) is 11.8 Å². The molecule has 1 amide bonds. The summed E-state index contributed by atoms with van der Waals surface area (Å²) in [7, 11) is 0.941. The molecule has 206 valence electrons. The van der Waals surface area contributed by atoms with Crippen LogP contribution in [0.3, 0.4) is 0 Å². The van der Waals surface area contributed by atoms with Gasteiger partial charge < -0.3 is 19.0 Å². The third-order valence-corrected chi connectivity index (χ3v) is 7.36. The number of nitrogens with one attached hydrogen (secondary N) is 1. The Kier molecular flexibility index (Phi) is 9.10. The lowest BCUT2D eigenvalue weighted by molar-refractivity contribution is 0.170. The van der Waals surface area contributed by atoms with Gasteiger partial charge >= 0.3 is 11.7 Å². The Morgan fingerprint density at radius 1 is 1.11 bits per heavy atom. The number of carbonyl (C=O) groups excluding carboxylic acids is 1. The van der Waals surface area contributed by atoms with Gasteiger partial charge in [0.1, 0.15) is 5.58 Å². The van der Waals surface area contributed by atoms with Crippen LogP contribution in [-0.4, -0.2) is 57.8 Å². The number of anilines is 1. The normalized spacial score (nSPS) is 11.7. The van der Waals surface area contributed by atoms with Gasteiger partial charge in [0.25, 0.3) is 0 Å². The first-order chi connectivity index (χ1) is 17.9. The quantitative estimate of drug-likeness (QED) is 0.374. The van der Waals surface area contributed by atoms with Gasteiger partial charge in [-0.2, -0.15) is 0 Å². The number of nitrogens with zero attached hydrogens (tertiary/aromatic N) is 2. The first-order valence-electron chi connectivity index (χ1n) is 12.0. The molecular formula is C26H31F2N3O6S. The van der Waals surface area contributed by atoms with Crippen LogP contribution in [0.4, 0.5) is 19.3 Å². The van der Waals surface area contributed by atoms with E-state index in [1.54, 1.807) is 14.0 Å². The van der Waals surface area contributed by atoms with E-state index in [4.69, 9.17) is 9.15 Å². The molecule has 3 rings (SSSR count). The van der Waals surface area contributed by atoms with Crippen LogP contribution >= 0.6 is 0 Å². The fourth-order valence-electron chi connectivity index (χ4n) is 3.78. The van der Waals surface area contributed by atoms with Crippen molar-refractivity contribution in [2.75, 3.05) is 38.2 Å². The SMILES string of the molecule is CCCS(=O)(=O)Nc1cccc(Cc2c(CN(C)CC)c3cc(F)c(OC(=O)N(C)C)cc3oc2=O)c1F. The van der Waals surface area contributed by atoms with Crippen molar-refractivity contribution >= 4 is 32.8 Å². The van der Waals surface area contributed by atoms with Gasteiger partial charge in [0.05, 0.1) is 11.4 Å². The molecule has 0 radical (unpaired) electrons. The van der Waals surface area contributed by atoms with Crippen LogP contribution in [0.25, 0.3) is 11.0 Å². The molecule has 0 spiro atoms. The Hall–Kier alpha value is -3.51. The summed E-state index contributed by atoms with van der Waals surface area (Å²) in [5.41, 5.74) is -0.422. The molecule has 0 fully saturated rings. The molecule has 3 aromatic rings. The minimum Gasteiger partial charge on any atom is -0.422 e. The Morgan fingerprint density at radius 3 is 2.45 bits per heavy atom. The molecule has 1 aromatic heterocycles. The van der Waals surface area contributed by atoms with Gasteiger partial charge in [0.15, 0.2) is 17.4 Å². The summed E-state index contributed by atoms with van der Waals surface area (Å²) in [5, 5.41) is 0.266. The van der Waals surface area contributed by atoms with Gasteiger partial charge in [0.2, 0.25) is 10.0 Å². The van der Waals surface area contributed by atoms with E-state index in [0.717, 1.165) is 17.0 Å². The lowest BCUT2D eigenvalue weighted by atomic mass is 9.97. The molecule has 2 aromatic carbocycles. The number of rotatable bonds is 10. The number of benzene rings is 2. The Labute approximate surface area is 220 Å². The largest absolute Gasteiger partial charge is 0.422 e. The van der Waals surface area contributed by atoms with Gasteiger partial charge in [-0.25, -0.2) is 26.8 Å². The van der Waals surface area contributed by atoms with E-state index in [1.165, 1.54) is 32.3 Å². The first kappa shape index (κ1) is 29.1. The van der Waals surface area contributed by atoms with E-state index in [9.17, 15) is 22.4 Å². The highest BCUT2D eigenvalue weighted by atomic mass is 32.2. The summed E-state index contributed by atoms with van der Waals surface area (Å²) < 4.78 is 67.4. The van der Waals surface area contributed by atoms with Crippen LogP contribution in [0.5, 0.6) is 5.75 Å². The van der Waals surface area contributed by atoms with Crippen LogP contribution in [0.15, 0.2) is 39.5 Å². The zero-order chi connectivity index (χ0) is 28.2. The number of hydrogen-bond acceptors (Lipinski definition) is 7. The van der Waals surface area contributed by atoms with Crippen LogP contribution in [0.1, 0.15) is 37.0 Å². The molecule has 38 heavy (non-hydrogen) atoms. The topological polar surface area (TPSA) is 109 Å². The smallest absolute Gasteiger partial charge is 0.414 e. The Balaban J connectivity index is 2.14. The van der Waals surface area contributed by atoms with E-state index in [2.05, 4.69) is 4.72 Å². The van der Waals surface area contributed by atoms with Gasteiger partial charge in [-0.1, -0.05) is 26.0 Å². The van der Waals surface area contributed by atoms with Crippen LogP contribution in [0, 0.1) is 11.6 Å². The number of amides is 1. The van der Waals surface area contributed by atoms with E-state index < -0.39 is 39.1 Å². The second-order valence-electron chi connectivity index (χ2n) is 9.09. The van der Waals surface area contributed by atoms with Crippen molar-refractivity contribution < 1.29 is 31.1 Å². The van der Waals surface area contributed by atoms with Crippen molar-refractivity contribution in [2.45, 2.75) is 33.2 Å². The van der Waals surface area contributed by atoms with Crippen molar-refractivity contribution in [2.24, 2.45) is 0 Å². The van der Waals surface area contributed by atoms with E-state index in [0.29, 0.717) is 18.5 Å². The first-order valence-corrected chi connectivity index (χ1v) is 13.7. The predicted molar refractivity (Wildman–Crippen MR) is 141 cm³/mol. The fraction of sp³-hybridized carbons (Fsp3) is 0.385. The Morgan fingerprint density at radius 2 is 1.82 bits per heavy atom. The maximum Gasteiger partial charge on any atom is 0.414 e. The molecule has 1 heterocycles. The highest BCUT2D eigenvalue weighted by Crippen LogP contribution is 2.30. The van der Waals surface area contributed by atoms with Crippen molar-refractivity contribution in [3.8, 4) is 5.75 Å². The number of ether oxygens (including phenoxy) is 1. The molecule has 0 bridgehead atoms. The summed E-state index contributed by atoms with van der Waals surface area (Å²) in [4.78, 5) is 28.1. The molecule has 0 aliphatic carbocycles. The molecule has 0 saturated heterocycles. The predicted octanol–water partition coefficient (Wildman–Crippen LogP) is 4.33. The minimum absolute atomic E-state index is 0.00255. The summed E-state index contributed by atoms with van der Waals surface area (Å²) in [6, 6.07) is 6.47. The number of halogens is 2. The highest BCUT2D eigenvalue weighted by molar-refractivity contribution is 7.92. The second kappa shape index (κ2) is 11.9. The standard InChI is InChI=1S/C26H31F2N3O6S/c1-6-11-38(34,35)29-21-10-8-9-16(24(21)28)12-18-19(15-31(5)7-2)17-13-20(27)23(37-26(33)30(3)4)14-22(17)36-25(18)32/h8-10,13-14,29H,6-7,11-12,15H2,1-5H3. The number of carbonyl (C=O) groups is 1. The van der Waals surface area contributed by atoms with E-state index >= 15 is 4.39 Å². The van der Waals surface area contributed by atoms with Gasteiger partial charge in [-0.3, -0.25) is 4.72 Å². The molecule has 0 saturated carbocycles. The summed E-state index contributed by atoms with van der Waals surface area (Å²) in [5.74, 6) is -2.24. The number of sulfonamides is 1. The molecule has 12 heteroatoms. The monoisotopic (exact) mass is 551 g/mol. The van der Waals surface area contributed by atoms with Gasteiger partial charge in [-0.05, 0) is 43.3 Å². The van der Waals surface area contributed by atoms with E-state index in [-0.39, 0.29) is 46.5 Å². The van der Waals surface area contributed by atoms with Gasteiger partial charge in [0, 0.05) is 44.1 Å². The van der Waals surface area contributed by atoms with Crippen LogP contribution < -0.4 is 15.1 Å².